The van der Waals surface area contributed by atoms with E-state index in [4.69, 9.17) is 4.74 Å². The lowest BCUT2D eigenvalue weighted by Gasteiger charge is -2.36. The smallest absolute Gasteiger partial charge is 0.224 e. The normalized spacial score (nSPS) is 17.0. The third kappa shape index (κ3) is 5.48. The van der Waals surface area contributed by atoms with Crippen LogP contribution in [0.5, 0.6) is 5.75 Å². The van der Waals surface area contributed by atoms with Crippen LogP contribution in [0.3, 0.4) is 0 Å². The summed E-state index contributed by atoms with van der Waals surface area (Å²) in [5.41, 5.74) is 1.08. The monoisotopic (exact) mass is 360 g/mol. The molecule has 5 heteroatoms. The summed E-state index contributed by atoms with van der Waals surface area (Å²) in [6, 6.07) is 8.23. The van der Waals surface area contributed by atoms with Crippen LogP contribution in [0.15, 0.2) is 24.3 Å². The molecule has 0 spiro atoms. The highest BCUT2D eigenvalue weighted by molar-refractivity contribution is 5.78. The number of carbonyl (C=O) groups excluding carboxylic acids is 2. The minimum absolute atomic E-state index is 0.0124. The summed E-state index contributed by atoms with van der Waals surface area (Å²) >= 11 is 0. The quantitative estimate of drug-likeness (QED) is 0.715. The van der Waals surface area contributed by atoms with Gasteiger partial charge in [-0.25, -0.2) is 0 Å². The molecule has 5 nitrogen and oxygen atoms in total. The van der Waals surface area contributed by atoms with Crippen LogP contribution in [0.1, 0.15) is 51.5 Å². The van der Waals surface area contributed by atoms with Gasteiger partial charge in [0.2, 0.25) is 11.8 Å². The number of amides is 2. The van der Waals surface area contributed by atoms with Crippen LogP contribution < -0.4 is 4.74 Å². The molecule has 1 aromatic rings. The maximum absolute atomic E-state index is 12.6. The lowest BCUT2D eigenvalue weighted by atomic mass is 9.99. The van der Waals surface area contributed by atoms with Crippen molar-refractivity contribution in [3.05, 3.63) is 29.8 Å². The molecule has 1 heterocycles. The molecule has 0 bridgehead atoms. The molecule has 2 amide bonds. The first-order valence-corrected chi connectivity index (χ1v) is 9.73. The van der Waals surface area contributed by atoms with E-state index in [1.165, 1.54) is 6.42 Å². The first-order valence-electron chi connectivity index (χ1n) is 9.73. The van der Waals surface area contributed by atoms with E-state index in [-0.39, 0.29) is 11.8 Å². The van der Waals surface area contributed by atoms with Crippen molar-refractivity contribution < 1.29 is 14.3 Å². The summed E-state index contributed by atoms with van der Waals surface area (Å²) in [5, 5.41) is 0. The molecule has 0 saturated carbocycles. The first kappa shape index (κ1) is 20.3. The molecule has 0 aliphatic carbocycles. The van der Waals surface area contributed by atoms with E-state index in [2.05, 4.69) is 6.92 Å². The van der Waals surface area contributed by atoms with E-state index >= 15 is 0 Å². The van der Waals surface area contributed by atoms with Crippen LogP contribution in [0.2, 0.25) is 0 Å². The van der Waals surface area contributed by atoms with Gasteiger partial charge in [-0.05, 0) is 43.7 Å². The number of hydrogen-bond acceptors (Lipinski definition) is 3. The van der Waals surface area contributed by atoms with Crippen LogP contribution in [-0.2, 0) is 16.0 Å². The summed E-state index contributed by atoms with van der Waals surface area (Å²) in [6.45, 7) is 5.66. The molecule has 1 unspecified atom stereocenters. The zero-order valence-corrected chi connectivity index (χ0v) is 16.4. The lowest BCUT2D eigenvalue weighted by Crippen LogP contribution is -2.45. The molecule has 0 aromatic heterocycles. The first-order chi connectivity index (χ1) is 12.6. The molecule has 1 atom stereocenters. The fourth-order valence-corrected chi connectivity index (χ4v) is 3.72. The number of rotatable bonds is 8. The van der Waals surface area contributed by atoms with Crippen LogP contribution >= 0.6 is 0 Å². The number of hydrogen-bond donors (Lipinski definition) is 0. The number of methoxy groups -OCH3 is 1. The highest BCUT2D eigenvalue weighted by atomic mass is 16.5. The number of piperidine rings is 1. The summed E-state index contributed by atoms with van der Waals surface area (Å²) in [6.07, 6.45) is 5.54. The Bertz CT molecular complexity index is 603. The second-order valence-corrected chi connectivity index (χ2v) is 6.96. The fourth-order valence-electron chi connectivity index (χ4n) is 3.72. The van der Waals surface area contributed by atoms with Crippen molar-refractivity contribution in [2.24, 2.45) is 0 Å². The summed E-state index contributed by atoms with van der Waals surface area (Å²) < 4.78 is 5.38. The van der Waals surface area contributed by atoms with Crippen molar-refractivity contribution in [1.82, 2.24) is 9.80 Å². The van der Waals surface area contributed by atoms with Crippen LogP contribution in [0.25, 0.3) is 0 Å². The van der Waals surface area contributed by atoms with E-state index in [0.717, 1.165) is 43.5 Å². The topological polar surface area (TPSA) is 49.9 Å². The van der Waals surface area contributed by atoms with Gasteiger partial charge in [0.05, 0.1) is 7.11 Å². The highest BCUT2D eigenvalue weighted by Crippen LogP contribution is 2.21. The largest absolute Gasteiger partial charge is 0.496 e. The van der Waals surface area contributed by atoms with Gasteiger partial charge in [0.1, 0.15) is 5.75 Å². The Balaban J connectivity index is 1.89. The van der Waals surface area contributed by atoms with Crippen molar-refractivity contribution in [3.8, 4) is 5.75 Å². The van der Waals surface area contributed by atoms with Gasteiger partial charge in [-0.1, -0.05) is 25.1 Å². The molecule has 144 valence electrons. The van der Waals surface area contributed by atoms with Crippen LogP contribution in [0.4, 0.5) is 0 Å². The zero-order valence-electron chi connectivity index (χ0n) is 16.4. The van der Waals surface area contributed by atoms with Crippen molar-refractivity contribution >= 4 is 11.8 Å². The maximum atomic E-state index is 12.6. The number of ether oxygens (including phenoxy) is 1. The zero-order chi connectivity index (χ0) is 18.9. The summed E-state index contributed by atoms with van der Waals surface area (Å²) in [4.78, 5) is 28.4. The fraction of sp³-hybridized carbons (Fsp3) is 0.619. The third-order valence-electron chi connectivity index (χ3n) is 5.30. The molecule has 2 rings (SSSR count). The summed E-state index contributed by atoms with van der Waals surface area (Å²) in [5.74, 6) is 1.03. The Morgan fingerprint density at radius 3 is 2.69 bits per heavy atom. The average Bonchev–Trinajstić information content (AvgIpc) is 2.67. The van der Waals surface area contributed by atoms with Crippen LogP contribution in [-0.4, -0.2) is 54.4 Å². The molecule has 1 aliphatic rings. The van der Waals surface area contributed by atoms with Crippen LogP contribution in [0, 0.1) is 0 Å². The van der Waals surface area contributed by atoms with Gasteiger partial charge in [-0.3, -0.25) is 9.59 Å². The number of benzene rings is 1. The molecule has 26 heavy (non-hydrogen) atoms. The second kappa shape index (κ2) is 10.2. The van der Waals surface area contributed by atoms with Gasteiger partial charge in [0, 0.05) is 39.0 Å². The molecule has 1 aliphatic heterocycles. The third-order valence-corrected chi connectivity index (χ3v) is 5.30. The average molecular weight is 360 g/mol. The Hall–Kier alpha value is -2.04. The Morgan fingerprint density at radius 1 is 1.23 bits per heavy atom. The minimum atomic E-state index is 0.0124. The van der Waals surface area contributed by atoms with E-state index in [1.807, 2.05) is 29.2 Å². The number of para-hydroxylation sites is 1. The van der Waals surface area contributed by atoms with Gasteiger partial charge in [0.25, 0.3) is 0 Å². The Morgan fingerprint density at radius 2 is 2.00 bits per heavy atom. The standard InChI is InChI=1S/C21H32N2O3/c1-4-19-10-7-8-14-23(19)21(25)13-16-22(17(2)24)15-12-18-9-5-6-11-20(18)26-3/h5-6,9,11,19H,4,7-8,10,12-16H2,1-3H3. The molecule has 1 fully saturated rings. The Kier molecular flexibility index (Phi) is 7.95. The lowest BCUT2D eigenvalue weighted by molar-refractivity contribution is -0.136. The number of nitrogens with zero attached hydrogens (tertiary/aromatic N) is 2. The van der Waals surface area contributed by atoms with E-state index < -0.39 is 0 Å². The predicted octanol–water partition coefficient (Wildman–Crippen LogP) is 3.27. The van der Waals surface area contributed by atoms with Gasteiger partial charge < -0.3 is 14.5 Å². The van der Waals surface area contributed by atoms with Crippen molar-refractivity contribution in [2.45, 2.75) is 58.4 Å². The predicted molar refractivity (Wildman–Crippen MR) is 103 cm³/mol. The molecule has 0 radical (unpaired) electrons. The van der Waals surface area contributed by atoms with Crippen molar-refractivity contribution in [1.29, 1.82) is 0 Å². The summed E-state index contributed by atoms with van der Waals surface area (Å²) in [7, 11) is 1.66. The van der Waals surface area contributed by atoms with E-state index in [0.29, 0.717) is 25.6 Å². The molecule has 1 saturated heterocycles. The van der Waals surface area contributed by atoms with Crippen molar-refractivity contribution in [2.75, 3.05) is 26.7 Å². The Labute approximate surface area is 157 Å². The number of likely N-dealkylation sites (tertiary alicyclic amines) is 1. The van der Waals surface area contributed by atoms with Crippen molar-refractivity contribution in [3.63, 3.8) is 0 Å². The van der Waals surface area contributed by atoms with Gasteiger partial charge in [-0.15, -0.1) is 0 Å². The minimum Gasteiger partial charge on any atom is -0.496 e. The van der Waals surface area contributed by atoms with E-state index in [1.54, 1.807) is 18.9 Å². The molecule has 0 N–H and O–H groups in total. The molecular formula is C21H32N2O3. The van der Waals surface area contributed by atoms with Gasteiger partial charge >= 0.3 is 0 Å². The highest BCUT2D eigenvalue weighted by Gasteiger charge is 2.25. The van der Waals surface area contributed by atoms with Gasteiger partial charge in [-0.2, -0.15) is 0 Å². The SMILES string of the molecule is CCC1CCCCN1C(=O)CCN(CCc1ccccc1OC)C(C)=O. The van der Waals surface area contributed by atoms with E-state index in [9.17, 15) is 9.59 Å². The second-order valence-electron chi connectivity index (χ2n) is 6.96. The molecule has 1 aromatic carbocycles. The molecular weight excluding hydrogens is 328 g/mol. The maximum Gasteiger partial charge on any atom is 0.224 e. The van der Waals surface area contributed by atoms with Gasteiger partial charge in [0.15, 0.2) is 0 Å². The number of carbonyl (C=O) groups is 2.